The maximum absolute atomic E-state index is 10.0. The first kappa shape index (κ1) is 13.0. The zero-order valence-electron chi connectivity index (χ0n) is 9.50. The Morgan fingerprint density at radius 2 is 2.21 bits per heavy atom. The van der Waals surface area contributed by atoms with Gasteiger partial charge in [-0.2, -0.15) is 0 Å². The third kappa shape index (κ3) is 5.62. The summed E-state index contributed by atoms with van der Waals surface area (Å²) in [5, 5.41) is 0. The second kappa shape index (κ2) is 5.68. The summed E-state index contributed by atoms with van der Waals surface area (Å²) in [6.07, 6.45) is 2.57. The van der Waals surface area contributed by atoms with Crippen LogP contribution in [0, 0.1) is 5.41 Å². The summed E-state index contributed by atoms with van der Waals surface area (Å²) in [6.45, 7) is 12.4. The molecule has 0 radical (unpaired) electrons. The Balaban J connectivity index is 0.000000241. The lowest BCUT2D eigenvalue weighted by Gasteiger charge is -2.14. The molecule has 0 aliphatic carbocycles. The van der Waals surface area contributed by atoms with E-state index in [2.05, 4.69) is 36.8 Å². The fourth-order valence-electron chi connectivity index (χ4n) is 0.562. The lowest BCUT2D eigenvalue weighted by molar-refractivity contribution is 0.121. The van der Waals surface area contributed by atoms with Crippen LogP contribution in [0.3, 0.4) is 0 Å². The highest BCUT2D eigenvalue weighted by Gasteiger charge is 2.19. The number of ether oxygens (including phenoxy) is 2. The van der Waals surface area contributed by atoms with Crippen molar-refractivity contribution in [2.24, 2.45) is 5.41 Å². The zero-order valence-corrected chi connectivity index (χ0v) is 9.50. The van der Waals surface area contributed by atoms with Gasteiger partial charge in [0.1, 0.15) is 12.7 Å². The van der Waals surface area contributed by atoms with Crippen molar-refractivity contribution in [1.82, 2.24) is 0 Å². The van der Waals surface area contributed by atoms with Crippen LogP contribution >= 0.6 is 0 Å². The van der Waals surface area contributed by atoms with Gasteiger partial charge in [0.25, 0.3) is 0 Å². The minimum atomic E-state index is -0.549. The van der Waals surface area contributed by atoms with Crippen molar-refractivity contribution in [1.29, 1.82) is 0 Å². The summed E-state index contributed by atoms with van der Waals surface area (Å²) in [5.74, 6) is 0. The first-order valence-electron chi connectivity index (χ1n) is 4.88. The Labute approximate surface area is 86.1 Å². The fourth-order valence-corrected chi connectivity index (χ4v) is 0.562. The standard InChI is InChI=1S/C7H14.C4H6O3/c1-5-7(3,4)6-2;1-3-2-6-4(5)7-3/h5H,1,6H2,2-4H3;3H,2H2,1H3. The molecule has 0 aromatic rings. The molecule has 3 heteroatoms. The lowest BCUT2D eigenvalue weighted by atomic mass is 9.91. The highest BCUT2D eigenvalue weighted by Crippen LogP contribution is 2.19. The van der Waals surface area contributed by atoms with Crippen LogP contribution in [0.5, 0.6) is 0 Å². The quantitative estimate of drug-likeness (QED) is 0.507. The second-order valence-electron chi connectivity index (χ2n) is 4.04. The number of allylic oxidation sites excluding steroid dienone is 1. The fraction of sp³-hybridized carbons (Fsp3) is 0.727. The molecule has 3 nitrogen and oxygen atoms in total. The van der Waals surface area contributed by atoms with Crippen molar-refractivity contribution < 1.29 is 14.3 Å². The summed E-state index contributed by atoms with van der Waals surface area (Å²) in [5.41, 5.74) is 0.347. The van der Waals surface area contributed by atoms with Gasteiger partial charge < -0.3 is 9.47 Å². The first-order chi connectivity index (χ1) is 6.41. The van der Waals surface area contributed by atoms with E-state index in [4.69, 9.17) is 0 Å². The summed E-state index contributed by atoms with van der Waals surface area (Å²) in [4.78, 5) is 10.0. The van der Waals surface area contributed by atoms with Crippen LogP contribution in [-0.4, -0.2) is 18.9 Å². The largest absolute Gasteiger partial charge is 0.508 e. The normalized spacial score (nSPS) is 20.3. The minimum Gasteiger partial charge on any atom is -0.430 e. The SMILES string of the molecule is C=CC(C)(C)CC.CC1COC(=O)O1. The molecule has 82 valence electrons. The van der Waals surface area contributed by atoms with Gasteiger partial charge in [0.05, 0.1) is 0 Å². The molecule has 1 heterocycles. The van der Waals surface area contributed by atoms with Gasteiger partial charge in [0.15, 0.2) is 0 Å². The molecular formula is C11H20O3. The average molecular weight is 200 g/mol. The first-order valence-corrected chi connectivity index (χ1v) is 4.88. The lowest BCUT2D eigenvalue weighted by Crippen LogP contribution is -2.02. The number of rotatable bonds is 2. The number of hydrogen-bond donors (Lipinski definition) is 0. The molecule has 1 unspecified atom stereocenters. The van der Waals surface area contributed by atoms with Gasteiger partial charge in [-0.15, -0.1) is 6.58 Å². The Kier molecular flexibility index (Phi) is 5.28. The van der Waals surface area contributed by atoms with E-state index in [-0.39, 0.29) is 6.10 Å². The van der Waals surface area contributed by atoms with Crippen LogP contribution in [0.15, 0.2) is 12.7 Å². The topological polar surface area (TPSA) is 35.5 Å². The Morgan fingerprint density at radius 1 is 1.64 bits per heavy atom. The molecule has 0 bridgehead atoms. The molecule has 1 saturated heterocycles. The van der Waals surface area contributed by atoms with E-state index in [0.29, 0.717) is 12.0 Å². The number of cyclic esters (lactones) is 2. The van der Waals surface area contributed by atoms with Gasteiger partial charge in [0.2, 0.25) is 0 Å². The van der Waals surface area contributed by atoms with E-state index >= 15 is 0 Å². The maximum Gasteiger partial charge on any atom is 0.508 e. The molecule has 1 aliphatic heterocycles. The molecule has 0 aromatic heterocycles. The van der Waals surface area contributed by atoms with Gasteiger partial charge in [-0.1, -0.05) is 26.8 Å². The summed E-state index contributed by atoms with van der Waals surface area (Å²) in [6, 6.07) is 0. The molecular weight excluding hydrogens is 180 g/mol. The molecule has 0 aromatic carbocycles. The highest BCUT2D eigenvalue weighted by molar-refractivity contribution is 5.61. The van der Waals surface area contributed by atoms with Crippen molar-refractivity contribution in [2.45, 2.75) is 40.2 Å². The van der Waals surface area contributed by atoms with E-state index < -0.39 is 6.16 Å². The maximum atomic E-state index is 10.0. The zero-order chi connectivity index (χ0) is 11.2. The van der Waals surface area contributed by atoms with Crippen LogP contribution in [0.25, 0.3) is 0 Å². The minimum absolute atomic E-state index is 0.0486. The number of carbonyl (C=O) groups excluding carboxylic acids is 1. The van der Waals surface area contributed by atoms with E-state index in [1.165, 1.54) is 6.42 Å². The van der Waals surface area contributed by atoms with Gasteiger partial charge in [-0.05, 0) is 18.8 Å². The molecule has 14 heavy (non-hydrogen) atoms. The van der Waals surface area contributed by atoms with Gasteiger partial charge in [-0.25, -0.2) is 4.79 Å². The van der Waals surface area contributed by atoms with Crippen molar-refractivity contribution in [2.75, 3.05) is 6.61 Å². The van der Waals surface area contributed by atoms with Crippen molar-refractivity contribution in [3.8, 4) is 0 Å². The van der Waals surface area contributed by atoms with Crippen LogP contribution in [0.2, 0.25) is 0 Å². The van der Waals surface area contributed by atoms with E-state index in [1.807, 2.05) is 6.08 Å². The van der Waals surface area contributed by atoms with Crippen molar-refractivity contribution in [3.05, 3.63) is 12.7 Å². The molecule has 1 rings (SSSR count). The Bertz CT molecular complexity index is 197. The average Bonchev–Trinajstić information content (AvgIpc) is 2.51. The highest BCUT2D eigenvalue weighted by atomic mass is 16.8. The summed E-state index contributed by atoms with van der Waals surface area (Å²) < 4.78 is 8.90. The molecule has 0 N–H and O–H groups in total. The molecule has 1 fully saturated rings. The third-order valence-corrected chi connectivity index (χ3v) is 2.20. The summed E-state index contributed by atoms with van der Waals surface area (Å²) >= 11 is 0. The molecule has 1 atom stereocenters. The van der Waals surface area contributed by atoms with Gasteiger partial charge in [-0.3, -0.25) is 0 Å². The third-order valence-electron chi connectivity index (χ3n) is 2.20. The van der Waals surface area contributed by atoms with Crippen molar-refractivity contribution >= 4 is 6.16 Å². The van der Waals surface area contributed by atoms with Gasteiger partial charge >= 0.3 is 6.16 Å². The monoisotopic (exact) mass is 200 g/mol. The molecule has 0 spiro atoms. The van der Waals surface area contributed by atoms with Crippen LogP contribution < -0.4 is 0 Å². The van der Waals surface area contributed by atoms with Crippen LogP contribution in [0.1, 0.15) is 34.1 Å². The van der Waals surface area contributed by atoms with Gasteiger partial charge in [0, 0.05) is 0 Å². The van der Waals surface area contributed by atoms with E-state index in [9.17, 15) is 4.79 Å². The van der Waals surface area contributed by atoms with Crippen LogP contribution in [0.4, 0.5) is 4.79 Å². The van der Waals surface area contributed by atoms with E-state index in [0.717, 1.165) is 0 Å². The molecule has 0 saturated carbocycles. The molecule has 1 aliphatic rings. The second-order valence-corrected chi connectivity index (χ2v) is 4.04. The number of carbonyl (C=O) groups is 1. The Morgan fingerprint density at radius 3 is 2.29 bits per heavy atom. The summed E-state index contributed by atoms with van der Waals surface area (Å²) in [7, 11) is 0. The Hall–Kier alpha value is -0.990. The van der Waals surface area contributed by atoms with E-state index in [1.54, 1.807) is 6.92 Å². The predicted molar refractivity (Wildman–Crippen MR) is 56.2 cm³/mol. The van der Waals surface area contributed by atoms with Crippen molar-refractivity contribution in [3.63, 3.8) is 0 Å². The molecule has 0 amide bonds. The number of hydrogen-bond acceptors (Lipinski definition) is 3. The van der Waals surface area contributed by atoms with Crippen LogP contribution in [-0.2, 0) is 9.47 Å². The predicted octanol–water partition coefficient (Wildman–Crippen LogP) is 3.15. The smallest absolute Gasteiger partial charge is 0.430 e.